The maximum absolute atomic E-state index is 13.7. The lowest BCUT2D eigenvalue weighted by atomic mass is 9.80. The summed E-state index contributed by atoms with van der Waals surface area (Å²) in [6, 6.07) is 11.4. The Morgan fingerprint density at radius 2 is 1.91 bits per heavy atom. The molecule has 6 nitrogen and oxygen atoms in total. The van der Waals surface area contributed by atoms with Crippen LogP contribution in [0.1, 0.15) is 40.4 Å². The summed E-state index contributed by atoms with van der Waals surface area (Å²) in [6.45, 7) is 2.98. The molecule has 186 valence electrons. The smallest absolute Gasteiger partial charge is 0.416 e. The van der Waals surface area contributed by atoms with Crippen molar-refractivity contribution >= 4 is 5.91 Å². The van der Waals surface area contributed by atoms with Crippen molar-refractivity contribution in [1.29, 1.82) is 0 Å². The van der Waals surface area contributed by atoms with E-state index in [4.69, 9.17) is 14.2 Å². The number of methoxy groups -OCH3 is 2. The van der Waals surface area contributed by atoms with Gasteiger partial charge in [-0.1, -0.05) is 37.3 Å². The van der Waals surface area contributed by atoms with E-state index >= 15 is 0 Å². The Balaban J connectivity index is 2.05. The van der Waals surface area contributed by atoms with Crippen molar-refractivity contribution in [2.45, 2.75) is 37.6 Å². The van der Waals surface area contributed by atoms with E-state index < -0.39 is 23.2 Å². The highest BCUT2D eigenvalue weighted by Crippen LogP contribution is 2.37. The molecule has 2 unspecified atom stereocenters. The molecule has 1 saturated heterocycles. The summed E-state index contributed by atoms with van der Waals surface area (Å²) < 4.78 is 56.4. The Morgan fingerprint density at radius 1 is 1.21 bits per heavy atom. The summed E-state index contributed by atoms with van der Waals surface area (Å²) >= 11 is 0. The number of ether oxygens (including phenoxy) is 3. The Morgan fingerprint density at radius 3 is 2.50 bits per heavy atom. The minimum atomic E-state index is -4.55. The second kappa shape index (κ2) is 10.8. The van der Waals surface area contributed by atoms with Gasteiger partial charge in [0.2, 0.25) is 0 Å². The first-order valence-corrected chi connectivity index (χ1v) is 11.1. The lowest BCUT2D eigenvalue weighted by Gasteiger charge is -2.45. The van der Waals surface area contributed by atoms with E-state index in [1.807, 2.05) is 37.4 Å². The van der Waals surface area contributed by atoms with Gasteiger partial charge >= 0.3 is 6.18 Å². The minimum Gasteiger partial charge on any atom is -0.496 e. The number of carbonyl (C=O) groups is 1. The van der Waals surface area contributed by atoms with Gasteiger partial charge in [0.15, 0.2) is 0 Å². The van der Waals surface area contributed by atoms with Gasteiger partial charge in [-0.25, -0.2) is 0 Å². The first-order chi connectivity index (χ1) is 16.1. The molecule has 1 fully saturated rings. The Hall–Kier alpha value is -2.62. The molecule has 3 rings (SSSR count). The number of hydrogen-bond donors (Lipinski definition) is 1. The molecule has 2 aromatic carbocycles. The molecule has 1 aliphatic heterocycles. The van der Waals surface area contributed by atoms with Crippen molar-refractivity contribution in [3.63, 3.8) is 0 Å². The maximum atomic E-state index is 13.7. The second-order valence-electron chi connectivity index (χ2n) is 8.56. The predicted molar refractivity (Wildman–Crippen MR) is 122 cm³/mol. The lowest BCUT2D eigenvalue weighted by Crippen LogP contribution is -2.59. The molecule has 0 saturated carbocycles. The predicted octanol–water partition coefficient (Wildman–Crippen LogP) is 4.23. The monoisotopic (exact) mass is 480 g/mol. The van der Waals surface area contributed by atoms with Crippen molar-refractivity contribution in [3.8, 4) is 5.75 Å². The summed E-state index contributed by atoms with van der Waals surface area (Å²) in [4.78, 5) is 15.7. The minimum absolute atomic E-state index is 0.107. The molecule has 9 heteroatoms. The number of likely N-dealkylation sites (N-methyl/N-ethyl adjacent to an activating group) is 1. The van der Waals surface area contributed by atoms with Gasteiger partial charge < -0.3 is 24.4 Å². The average Bonchev–Trinajstić information content (AvgIpc) is 2.81. The number of nitrogens with zero attached hydrogens (tertiary/aromatic N) is 1. The van der Waals surface area contributed by atoms with Crippen LogP contribution in [0.2, 0.25) is 0 Å². The van der Waals surface area contributed by atoms with Crippen molar-refractivity contribution in [2.24, 2.45) is 0 Å². The van der Waals surface area contributed by atoms with E-state index in [0.717, 1.165) is 17.7 Å². The van der Waals surface area contributed by atoms with Crippen LogP contribution in [0.15, 0.2) is 42.5 Å². The number of hydrogen-bond acceptors (Lipinski definition) is 5. The summed E-state index contributed by atoms with van der Waals surface area (Å²) in [5.41, 5.74) is -0.423. The molecule has 2 aromatic rings. The van der Waals surface area contributed by atoms with E-state index in [2.05, 4.69) is 10.2 Å². The Bertz CT molecular complexity index is 959. The number of benzene rings is 2. The van der Waals surface area contributed by atoms with E-state index in [-0.39, 0.29) is 36.2 Å². The number of aryl methyl sites for hydroxylation is 1. The van der Waals surface area contributed by atoms with Crippen molar-refractivity contribution in [1.82, 2.24) is 10.2 Å². The zero-order valence-corrected chi connectivity index (χ0v) is 19.9. The first-order valence-electron chi connectivity index (χ1n) is 11.1. The summed E-state index contributed by atoms with van der Waals surface area (Å²) in [7, 11) is 4.74. The molecule has 0 aliphatic carbocycles. The fourth-order valence-corrected chi connectivity index (χ4v) is 4.61. The number of alkyl halides is 3. The fraction of sp³-hybridized carbons (Fsp3) is 0.480. The highest BCUT2D eigenvalue weighted by Gasteiger charge is 2.43. The molecule has 0 radical (unpaired) electrons. The number of amides is 1. The molecule has 1 amide bonds. The summed E-state index contributed by atoms with van der Waals surface area (Å²) in [6.07, 6.45) is -4.06. The van der Waals surface area contributed by atoms with Crippen molar-refractivity contribution in [2.75, 3.05) is 41.1 Å². The zero-order chi connectivity index (χ0) is 24.9. The molecular weight excluding hydrogens is 449 g/mol. The van der Waals surface area contributed by atoms with Crippen LogP contribution in [0.4, 0.5) is 13.2 Å². The van der Waals surface area contributed by atoms with Gasteiger partial charge in [-0.15, -0.1) is 0 Å². The van der Waals surface area contributed by atoms with Crippen LogP contribution >= 0.6 is 0 Å². The third-order valence-electron chi connectivity index (χ3n) is 6.07. The molecule has 0 aromatic heterocycles. The van der Waals surface area contributed by atoms with Crippen LogP contribution < -0.4 is 10.1 Å². The van der Waals surface area contributed by atoms with E-state index in [9.17, 15) is 18.0 Å². The quantitative estimate of drug-likeness (QED) is 0.574. The first kappa shape index (κ1) is 26.0. The number of nitrogens with one attached hydrogen (secondary N) is 1. The van der Waals surface area contributed by atoms with Crippen LogP contribution in [-0.4, -0.2) is 58.1 Å². The normalized spacial score (nSPS) is 21.3. The van der Waals surface area contributed by atoms with Crippen LogP contribution in [-0.2, 0) is 27.6 Å². The third-order valence-corrected chi connectivity index (χ3v) is 6.07. The number of likely N-dealkylation sites (tertiary alicyclic amines) is 1. The van der Waals surface area contributed by atoms with Crippen molar-refractivity contribution in [3.05, 3.63) is 64.7 Å². The van der Waals surface area contributed by atoms with Gasteiger partial charge in [0.1, 0.15) is 12.5 Å². The second-order valence-corrected chi connectivity index (χ2v) is 8.56. The maximum Gasteiger partial charge on any atom is 0.416 e. The SMILES string of the molecule is CCc1cc(C(F)(F)F)cc(OC)c1C(=O)NC1(c2ccccc2)CC(OCOC)CN(C)C1. The van der Waals surface area contributed by atoms with Crippen molar-refractivity contribution < 1.29 is 32.2 Å². The third kappa shape index (κ3) is 5.71. The highest BCUT2D eigenvalue weighted by atomic mass is 19.4. The molecule has 2 atom stereocenters. The lowest BCUT2D eigenvalue weighted by molar-refractivity contribution is -0.137. The summed E-state index contributed by atoms with van der Waals surface area (Å²) in [5, 5.41) is 3.15. The van der Waals surface area contributed by atoms with Gasteiger partial charge in [0.05, 0.1) is 29.9 Å². The molecule has 0 bridgehead atoms. The largest absolute Gasteiger partial charge is 0.496 e. The number of rotatable bonds is 8. The average molecular weight is 481 g/mol. The Labute approximate surface area is 198 Å². The van der Waals surface area contributed by atoms with E-state index in [1.165, 1.54) is 7.11 Å². The van der Waals surface area contributed by atoms with Crippen LogP contribution in [0.5, 0.6) is 5.75 Å². The van der Waals surface area contributed by atoms with Crippen LogP contribution in [0, 0.1) is 0 Å². The van der Waals surface area contributed by atoms with E-state index in [1.54, 1.807) is 14.0 Å². The number of halogens is 3. The van der Waals surface area contributed by atoms with Crippen LogP contribution in [0.25, 0.3) is 0 Å². The molecule has 34 heavy (non-hydrogen) atoms. The molecule has 1 heterocycles. The molecular formula is C25H31F3N2O4. The zero-order valence-electron chi connectivity index (χ0n) is 19.9. The standard InChI is InChI=1S/C25H31F3N2O4/c1-5-17-11-19(25(26,27)28)12-21(33-4)22(17)23(31)29-24(18-9-7-6-8-10-18)13-20(34-16-32-3)14-30(2)15-24/h6-12,20H,5,13-16H2,1-4H3,(H,29,31). The van der Waals surface area contributed by atoms with Crippen LogP contribution in [0.3, 0.4) is 0 Å². The van der Waals surface area contributed by atoms with Gasteiger partial charge in [-0.3, -0.25) is 4.79 Å². The molecule has 1 aliphatic rings. The fourth-order valence-electron chi connectivity index (χ4n) is 4.61. The van der Waals surface area contributed by atoms with Gasteiger partial charge in [-0.05, 0) is 36.7 Å². The molecule has 0 spiro atoms. The highest BCUT2D eigenvalue weighted by molar-refractivity contribution is 5.99. The van der Waals surface area contributed by atoms with Gasteiger partial charge in [0, 0.05) is 26.6 Å². The van der Waals surface area contributed by atoms with Gasteiger partial charge in [-0.2, -0.15) is 13.2 Å². The Kier molecular flexibility index (Phi) is 8.22. The summed E-state index contributed by atoms with van der Waals surface area (Å²) in [5.74, 6) is -0.601. The number of piperidine rings is 1. The molecule has 1 N–H and O–H groups in total. The topological polar surface area (TPSA) is 60.0 Å². The van der Waals surface area contributed by atoms with E-state index in [0.29, 0.717) is 19.5 Å². The number of carbonyl (C=O) groups excluding carboxylic acids is 1. The van der Waals surface area contributed by atoms with Gasteiger partial charge in [0.25, 0.3) is 5.91 Å².